The summed E-state index contributed by atoms with van der Waals surface area (Å²) in [6.07, 6.45) is 0. The van der Waals surface area contributed by atoms with Gasteiger partial charge in [0.2, 0.25) is 5.91 Å². The van der Waals surface area contributed by atoms with E-state index in [1.165, 1.54) is 0 Å². The van der Waals surface area contributed by atoms with E-state index in [1.807, 2.05) is 44.1 Å². The van der Waals surface area contributed by atoms with Gasteiger partial charge >= 0.3 is 0 Å². The minimum Gasteiger partial charge on any atom is -0.398 e. The Balaban J connectivity index is 2.73. The smallest absolute Gasteiger partial charge is 0.238 e. The third-order valence-electron chi connectivity index (χ3n) is 2.11. The first kappa shape index (κ1) is 11.5. The van der Waals surface area contributed by atoms with Crippen molar-refractivity contribution in [3.05, 3.63) is 23.8 Å². The topological polar surface area (TPSA) is 58.4 Å². The first-order valence-corrected chi connectivity index (χ1v) is 4.80. The number of carbonyl (C=O) groups is 1. The van der Waals surface area contributed by atoms with Crippen molar-refractivity contribution in [2.24, 2.45) is 0 Å². The third kappa shape index (κ3) is 3.25. The lowest BCUT2D eigenvalue weighted by molar-refractivity contribution is -0.116. The lowest BCUT2D eigenvalue weighted by Crippen LogP contribution is -2.27. The molecule has 82 valence electrons. The molecule has 1 aromatic carbocycles. The van der Waals surface area contributed by atoms with Crippen LogP contribution in [0.1, 0.15) is 5.56 Å². The molecule has 1 rings (SSSR count). The van der Waals surface area contributed by atoms with Crippen LogP contribution in [0.5, 0.6) is 0 Å². The molecule has 0 spiro atoms. The predicted molar refractivity (Wildman–Crippen MR) is 62.8 cm³/mol. The number of rotatable bonds is 3. The quantitative estimate of drug-likeness (QED) is 0.729. The Morgan fingerprint density at radius 3 is 2.73 bits per heavy atom. The molecule has 0 aliphatic carbocycles. The van der Waals surface area contributed by atoms with E-state index in [4.69, 9.17) is 5.73 Å². The minimum atomic E-state index is -0.0336. The van der Waals surface area contributed by atoms with Gasteiger partial charge in [0.25, 0.3) is 0 Å². The Morgan fingerprint density at radius 2 is 2.13 bits per heavy atom. The van der Waals surface area contributed by atoms with Crippen LogP contribution in [0.3, 0.4) is 0 Å². The van der Waals surface area contributed by atoms with Gasteiger partial charge < -0.3 is 16.0 Å². The van der Waals surface area contributed by atoms with Crippen LogP contribution >= 0.6 is 0 Å². The fourth-order valence-electron chi connectivity index (χ4n) is 1.27. The molecule has 4 heteroatoms. The molecule has 0 aliphatic rings. The number of hydrogen-bond acceptors (Lipinski definition) is 3. The number of nitrogen functional groups attached to an aromatic ring is 1. The number of nitrogens with two attached hydrogens (primary N) is 1. The van der Waals surface area contributed by atoms with Gasteiger partial charge in [-0.3, -0.25) is 4.79 Å². The molecule has 0 radical (unpaired) electrons. The fourth-order valence-corrected chi connectivity index (χ4v) is 1.27. The van der Waals surface area contributed by atoms with Crippen molar-refractivity contribution in [2.75, 3.05) is 31.7 Å². The van der Waals surface area contributed by atoms with E-state index >= 15 is 0 Å². The Morgan fingerprint density at radius 1 is 1.47 bits per heavy atom. The zero-order chi connectivity index (χ0) is 11.4. The van der Waals surface area contributed by atoms with E-state index in [0.717, 1.165) is 11.3 Å². The first-order chi connectivity index (χ1) is 7.00. The van der Waals surface area contributed by atoms with Crippen LogP contribution in [0, 0.1) is 6.92 Å². The lowest BCUT2D eigenvalue weighted by atomic mass is 10.1. The summed E-state index contributed by atoms with van der Waals surface area (Å²) >= 11 is 0. The Labute approximate surface area is 90.1 Å². The molecule has 3 N–H and O–H groups in total. The van der Waals surface area contributed by atoms with Crippen LogP contribution in [-0.4, -0.2) is 31.4 Å². The van der Waals surface area contributed by atoms with E-state index in [-0.39, 0.29) is 5.91 Å². The number of nitrogens with zero attached hydrogens (tertiary/aromatic N) is 1. The van der Waals surface area contributed by atoms with Crippen LogP contribution in [0.15, 0.2) is 18.2 Å². The van der Waals surface area contributed by atoms with Crippen LogP contribution in [-0.2, 0) is 4.79 Å². The van der Waals surface area contributed by atoms with Crippen molar-refractivity contribution in [2.45, 2.75) is 6.92 Å². The highest BCUT2D eigenvalue weighted by molar-refractivity contribution is 5.93. The van der Waals surface area contributed by atoms with Crippen molar-refractivity contribution < 1.29 is 4.79 Å². The van der Waals surface area contributed by atoms with Crippen LogP contribution in [0.4, 0.5) is 11.4 Å². The molecule has 4 nitrogen and oxygen atoms in total. The summed E-state index contributed by atoms with van der Waals surface area (Å²) in [5.41, 5.74) is 8.11. The van der Waals surface area contributed by atoms with E-state index in [0.29, 0.717) is 12.2 Å². The number of benzene rings is 1. The SMILES string of the molecule is Cc1c(N)cccc1NC(=O)CN(C)C. The highest BCUT2D eigenvalue weighted by Gasteiger charge is 2.06. The summed E-state index contributed by atoms with van der Waals surface area (Å²) in [6, 6.07) is 5.49. The first-order valence-electron chi connectivity index (χ1n) is 4.80. The second kappa shape index (κ2) is 4.79. The van der Waals surface area contributed by atoms with Crippen molar-refractivity contribution in [1.82, 2.24) is 4.90 Å². The molecule has 0 atom stereocenters. The zero-order valence-electron chi connectivity index (χ0n) is 9.37. The standard InChI is InChI=1S/C11H17N3O/c1-8-9(12)5-4-6-10(8)13-11(15)7-14(2)3/h4-6H,7,12H2,1-3H3,(H,13,15). The lowest BCUT2D eigenvalue weighted by Gasteiger charge is -2.12. The van der Waals surface area contributed by atoms with Gasteiger partial charge in [-0.15, -0.1) is 0 Å². The number of amides is 1. The number of anilines is 2. The predicted octanol–water partition coefficient (Wildman–Crippen LogP) is 1.08. The second-order valence-corrected chi connectivity index (χ2v) is 3.81. The molecular weight excluding hydrogens is 190 g/mol. The van der Waals surface area contributed by atoms with Gasteiger partial charge in [-0.1, -0.05) is 6.07 Å². The Kier molecular flexibility index (Phi) is 3.68. The normalized spacial score (nSPS) is 10.4. The highest BCUT2D eigenvalue weighted by atomic mass is 16.2. The molecule has 1 amide bonds. The summed E-state index contributed by atoms with van der Waals surface area (Å²) in [5, 5.41) is 2.82. The molecule has 0 bridgehead atoms. The zero-order valence-corrected chi connectivity index (χ0v) is 9.37. The van der Waals surface area contributed by atoms with Gasteiger partial charge in [-0.05, 0) is 38.7 Å². The number of hydrogen-bond donors (Lipinski definition) is 2. The molecular formula is C11H17N3O. The minimum absolute atomic E-state index is 0.0336. The largest absolute Gasteiger partial charge is 0.398 e. The highest BCUT2D eigenvalue weighted by Crippen LogP contribution is 2.20. The van der Waals surface area contributed by atoms with Gasteiger partial charge in [0.1, 0.15) is 0 Å². The molecule has 0 heterocycles. The van der Waals surface area contributed by atoms with Crippen LogP contribution in [0.25, 0.3) is 0 Å². The summed E-state index contributed by atoms with van der Waals surface area (Å²) in [5.74, 6) is -0.0336. The van der Waals surface area contributed by atoms with E-state index in [2.05, 4.69) is 5.32 Å². The van der Waals surface area contributed by atoms with Crippen molar-refractivity contribution >= 4 is 17.3 Å². The van der Waals surface area contributed by atoms with Gasteiger partial charge in [0.05, 0.1) is 6.54 Å². The summed E-state index contributed by atoms with van der Waals surface area (Å²) in [6.45, 7) is 2.26. The molecule has 0 aliphatic heterocycles. The van der Waals surface area contributed by atoms with E-state index in [1.54, 1.807) is 0 Å². The number of likely N-dealkylation sites (N-methyl/N-ethyl adjacent to an activating group) is 1. The molecule has 15 heavy (non-hydrogen) atoms. The maximum absolute atomic E-state index is 11.5. The molecule has 0 unspecified atom stereocenters. The van der Waals surface area contributed by atoms with Gasteiger partial charge in [-0.2, -0.15) is 0 Å². The Bertz CT molecular complexity index is 361. The summed E-state index contributed by atoms with van der Waals surface area (Å²) < 4.78 is 0. The second-order valence-electron chi connectivity index (χ2n) is 3.81. The Hall–Kier alpha value is -1.55. The van der Waals surface area contributed by atoms with Crippen molar-refractivity contribution in [1.29, 1.82) is 0 Å². The third-order valence-corrected chi connectivity index (χ3v) is 2.11. The average Bonchev–Trinajstić information content (AvgIpc) is 2.11. The maximum atomic E-state index is 11.5. The van der Waals surface area contributed by atoms with Gasteiger partial charge in [-0.25, -0.2) is 0 Å². The molecule has 0 saturated carbocycles. The van der Waals surface area contributed by atoms with Crippen molar-refractivity contribution in [3.8, 4) is 0 Å². The monoisotopic (exact) mass is 207 g/mol. The summed E-state index contributed by atoms with van der Waals surface area (Å²) in [4.78, 5) is 13.3. The maximum Gasteiger partial charge on any atom is 0.238 e. The number of carbonyl (C=O) groups excluding carboxylic acids is 1. The van der Waals surface area contributed by atoms with E-state index in [9.17, 15) is 4.79 Å². The number of nitrogens with one attached hydrogen (secondary N) is 1. The molecule has 1 aromatic rings. The van der Waals surface area contributed by atoms with Gasteiger partial charge in [0, 0.05) is 11.4 Å². The van der Waals surface area contributed by atoms with Crippen LogP contribution in [0.2, 0.25) is 0 Å². The molecule has 0 saturated heterocycles. The molecule has 0 aromatic heterocycles. The van der Waals surface area contributed by atoms with Gasteiger partial charge in [0.15, 0.2) is 0 Å². The summed E-state index contributed by atoms with van der Waals surface area (Å²) in [7, 11) is 3.71. The van der Waals surface area contributed by atoms with E-state index < -0.39 is 0 Å². The fraction of sp³-hybridized carbons (Fsp3) is 0.364. The van der Waals surface area contributed by atoms with Crippen molar-refractivity contribution in [3.63, 3.8) is 0 Å². The molecule has 0 fully saturated rings. The average molecular weight is 207 g/mol. The van der Waals surface area contributed by atoms with Crippen LogP contribution < -0.4 is 11.1 Å².